The van der Waals surface area contributed by atoms with Crippen LogP contribution in [0.15, 0.2) is 6.07 Å². The summed E-state index contributed by atoms with van der Waals surface area (Å²) in [7, 11) is 0. The summed E-state index contributed by atoms with van der Waals surface area (Å²) in [5.74, 6) is 1.45. The lowest BCUT2D eigenvalue weighted by atomic mass is 9.98. The van der Waals surface area contributed by atoms with Gasteiger partial charge in [-0.3, -0.25) is 9.59 Å². The fourth-order valence-corrected chi connectivity index (χ4v) is 2.41. The van der Waals surface area contributed by atoms with E-state index in [0.717, 1.165) is 4.90 Å². The number of benzene rings is 1. The zero-order valence-corrected chi connectivity index (χ0v) is 6.66. The Labute approximate surface area is 76.8 Å². The van der Waals surface area contributed by atoms with Crippen LogP contribution in [0.25, 0.3) is 0 Å². The topological polar surface area (TPSA) is 58.9 Å². The highest BCUT2D eigenvalue weighted by atomic mass is 16.6. The number of ether oxygens (including phenoxy) is 2. The van der Waals surface area contributed by atoms with Crippen LogP contribution in [-0.4, -0.2) is 16.7 Å². The quantitative estimate of drug-likeness (QED) is 0.440. The van der Waals surface area contributed by atoms with Crippen LogP contribution in [0.3, 0.4) is 0 Å². The molecular formula is C9HNO4. The molecule has 66 valence electrons. The van der Waals surface area contributed by atoms with Crippen molar-refractivity contribution in [1.82, 2.24) is 4.90 Å². The second-order valence-electron chi connectivity index (χ2n) is 3.75. The van der Waals surface area contributed by atoms with Crippen LogP contribution in [0.5, 0.6) is 17.2 Å². The van der Waals surface area contributed by atoms with Gasteiger partial charge in [-0.2, -0.15) is 0 Å². The first-order valence-corrected chi connectivity index (χ1v) is 4.22. The van der Waals surface area contributed by atoms with Gasteiger partial charge in [-0.1, -0.05) is 0 Å². The van der Waals surface area contributed by atoms with Gasteiger partial charge in [0.2, 0.25) is 5.75 Å². The molecule has 1 aromatic carbocycles. The van der Waals surface area contributed by atoms with Gasteiger partial charge < -0.3 is 9.47 Å². The van der Waals surface area contributed by atoms with Crippen LogP contribution < -0.4 is 9.47 Å². The number of imide groups is 1. The van der Waals surface area contributed by atoms with Crippen LogP contribution in [0.2, 0.25) is 0 Å². The summed E-state index contributed by atoms with van der Waals surface area (Å²) in [6.45, 7) is 0. The van der Waals surface area contributed by atoms with E-state index in [1.165, 1.54) is 0 Å². The van der Waals surface area contributed by atoms with Crippen molar-refractivity contribution >= 4 is 11.8 Å². The van der Waals surface area contributed by atoms with Crippen LogP contribution in [0, 0.1) is 0 Å². The van der Waals surface area contributed by atoms with Gasteiger partial charge in [0, 0.05) is 0 Å². The molecule has 1 atom stereocenters. The van der Waals surface area contributed by atoms with Gasteiger partial charge in [0.1, 0.15) is 0 Å². The summed E-state index contributed by atoms with van der Waals surface area (Å²) in [4.78, 5) is 24.1. The lowest BCUT2D eigenvalue weighted by Gasteiger charge is -2.23. The molecule has 0 aliphatic carbocycles. The van der Waals surface area contributed by atoms with Gasteiger partial charge in [0.05, 0.1) is 11.1 Å². The van der Waals surface area contributed by atoms with Crippen LogP contribution in [-0.2, 0) is 10.5 Å². The summed E-state index contributed by atoms with van der Waals surface area (Å²) in [6.07, 6.45) is 0. The summed E-state index contributed by atoms with van der Waals surface area (Å²) in [5.41, 5.74) is 0.244. The Hall–Kier alpha value is -2.04. The number of amides is 2. The molecule has 1 saturated heterocycles. The van der Waals surface area contributed by atoms with E-state index >= 15 is 0 Å². The summed E-state index contributed by atoms with van der Waals surface area (Å²) >= 11 is 0. The number of rotatable bonds is 0. The Morgan fingerprint density at radius 1 is 1.29 bits per heavy atom. The first kappa shape index (κ1) is 5.64. The van der Waals surface area contributed by atoms with Gasteiger partial charge in [0.15, 0.2) is 11.5 Å². The average Bonchev–Trinajstić information content (AvgIpc) is 2.94. The highest BCUT2D eigenvalue weighted by Gasteiger charge is 2.82. The van der Waals surface area contributed by atoms with Crippen molar-refractivity contribution in [3.8, 4) is 17.2 Å². The van der Waals surface area contributed by atoms with E-state index < -0.39 is 5.72 Å². The Kier molecular flexibility index (Phi) is 0.457. The molecule has 1 fully saturated rings. The van der Waals surface area contributed by atoms with Gasteiger partial charge in [-0.05, 0) is 6.07 Å². The molecule has 4 heterocycles. The molecule has 4 aliphatic rings. The van der Waals surface area contributed by atoms with Crippen molar-refractivity contribution in [3.05, 3.63) is 17.2 Å². The minimum Gasteiger partial charge on any atom is -0.449 e. The average molecular weight is 187 g/mol. The van der Waals surface area contributed by atoms with Crippen LogP contribution >= 0.6 is 0 Å². The highest BCUT2D eigenvalue weighted by Crippen LogP contribution is 2.71. The molecule has 1 spiro atoms. The third-order valence-electron chi connectivity index (χ3n) is 3.15. The molecule has 5 nitrogen and oxygen atoms in total. The van der Waals surface area contributed by atoms with Gasteiger partial charge in [-0.15, -0.1) is 0 Å². The van der Waals surface area contributed by atoms with Crippen molar-refractivity contribution in [3.63, 3.8) is 0 Å². The summed E-state index contributed by atoms with van der Waals surface area (Å²) in [6, 6.07) is 1.68. The maximum Gasteiger partial charge on any atom is 0.305 e. The molecule has 1 aromatic rings. The van der Waals surface area contributed by atoms with E-state index in [1.54, 1.807) is 6.07 Å². The van der Waals surface area contributed by atoms with E-state index in [9.17, 15) is 9.59 Å². The lowest BCUT2D eigenvalue weighted by molar-refractivity contribution is -0.117. The Balaban J connectivity index is 2.01. The van der Waals surface area contributed by atoms with Crippen molar-refractivity contribution in [1.29, 1.82) is 0 Å². The second kappa shape index (κ2) is 1.13. The molecule has 0 saturated carbocycles. The van der Waals surface area contributed by atoms with Crippen LogP contribution in [0.4, 0.5) is 0 Å². The molecule has 2 amide bonds. The predicted molar refractivity (Wildman–Crippen MR) is 40.0 cm³/mol. The fraction of sp³-hybridized carbons (Fsp3) is 0.111. The molecule has 5 heteroatoms. The highest BCUT2D eigenvalue weighted by molar-refractivity contribution is 6.27. The third kappa shape index (κ3) is 0.285. The van der Waals surface area contributed by atoms with E-state index in [0.29, 0.717) is 28.4 Å². The van der Waals surface area contributed by atoms with E-state index in [4.69, 9.17) is 9.47 Å². The van der Waals surface area contributed by atoms with E-state index in [2.05, 4.69) is 0 Å². The second-order valence-corrected chi connectivity index (χ2v) is 3.75. The SMILES string of the molecule is O=C1c2cc3c(c4c2C2(O4)C(=O)N12)O3. The molecule has 14 heavy (non-hydrogen) atoms. The molecule has 1 unspecified atom stereocenters. The van der Waals surface area contributed by atoms with Crippen molar-refractivity contribution in [2.24, 2.45) is 0 Å². The fourth-order valence-electron chi connectivity index (χ4n) is 2.41. The third-order valence-corrected chi connectivity index (χ3v) is 3.15. The number of carbonyl (C=O) groups is 2. The largest absolute Gasteiger partial charge is 0.449 e. The van der Waals surface area contributed by atoms with Crippen molar-refractivity contribution in [2.45, 2.75) is 5.72 Å². The zero-order chi connectivity index (χ0) is 9.24. The minimum atomic E-state index is -1.03. The van der Waals surface area contributed by atoms with Gasteiger partial charge >= 0.3 is 11.6 Å². The molecular weight excluding hydrogens is 186 g/mol. The minimum absolute atomic E-state index is 0.247. The summed E-state index contributed by atoms with van der Waals surface area (Å²) < 4.78 is 10.4. The van der Waals surface area contributed by atoms with Crippen LogP contribution in [0.1, 0.15) is 15.9 Å². The van der Waals surface area contributed by atoms with Gasteiger partial charge in [0.25, 0.3) is 5.91 Å². The lowest BCUT2D eigenvalue weighted by Crippen LogP contribution is -2.30. The zero-order valence-electron chi connectivity index (χ0n) is 6.66. The molecule has 0 aromatic heterocycles. The first-order chi connectivity index (χ1) is 6.75. The number of hydrogen-bond acceptors (Lipinski definition) is 4. The van der Waals surface area contributed by atoms with E-state index in [-0.39, 0.29) is 11.8 Å². The number of nitrogens with zero attached hydrogens (tertiary/aromatic N) is 1. The number of carbonyl (C=O) groups excluding carboxylic acids is 2. The summed E-state index contributed by atoms with van der Waals surface area (Å²) in [5, 5.41) is 0. The monoisotopic (exact) mass is 187 g/mol. The standard InChI is InChI=1S/C9HNO4/c11-7-2-1-3-5(13-3)6-4(2)9(14-6)8(12)10(7)9/h1H. The Bertz CT molecular complexity index is 605. The Morgan fingerprint density at radius 3 is 3.00 bits per heavy atom. The number of hydrogen-bond donors (Lipinski definition) is 0. The maximum atomic E-state index is 11.6. The van der Waals surface area contributed by atoms with E-state index in [1.807, 2.05) is 0 Å². The Morgan fingerprint density at radius 2 is 2.14 bits per heavy atom. The maximum absolute atomic E-state index is 11.6. The number of fused-ring (bicyclic) bond motifs is 2. The van der Waals surface area contributed by atoms with Crippen molar-refractivity contribution in [2.75, 3.05) is 0 Å². The molecule has 0 N–H and O–H groups in total. The van der Waals surface area contributed by atoms with Crippen molar-refractivity contribution < 1.29 is 19.1 Å². The first-order valence-electron chi connectivity index (χ1n) is 4.22. The normalized spacial score (nSPS) is 31.0. The molecule has 0 radical (unpaired) electrons. The molecule has 0 bridgehead atoms. The smallest absolute Gasteiger partial charge is 0.305 e. The predicted octanol–water partition coefficient (Wildman–Crippen LogP) is 0.333. The molecule has 4 aliphatic heterocycles. The van der Waals surface area contributed by atoms with Gasteiger partial charge in [-0.25, -0.2) is 4.90 Å². The molecule has 5 rings (SSSR count).